The van der Waals surface area contributed by atoms with Crippen LogP contribution in [0, 0.1) is 5.41 Å². The highest BCUT2D eigenvalue weighted by molar-refractivity contribution is 7.80. The Bertz CT molecular complexity index is 571. The SMILES string of the molecule is CC(NC(=O)C1(C(N)=S)CCCC1)c1ccc(Cl)cc1Cl. The molecule has 0 radical (unpaired) electrons. The van der Waals surface area contributed by atoms with Gasteiger partial charge in [-0.2, -0.15) is 0 Å². The molecule has 1 fully saturated rings. The minimum absolute atomic E-state index is 0.106. The van der Waals surface area contributed by atoms with Gasteiger partial charge < -0.3 is 11.1 Å². The number of hydrogen-bond donors (Lipinski definition) is 2. The molecule has 1 saturated carbocycles. The Kier molecular flexibility index (Phi) is 5.12. The van der Waals surface area contributed by atoms with Crippen molar-refractivity contribution >= 4 is 46.3 Å². The summed E-state index contributed by atoms with van der Waals surface area (Å²) < 4.78 is 0. The molecule has 1 aromatic carbocycles. The van der Waals surface area contributed by atoms with E-state index in [4.69, 9.17) is 41.2 Å². The zero-order valence-corrected chi connectivity index (χ0v) is 14.1. The van der Waals surface area contributed by atoms with Crippen molar-refractivity contribution in [1.29, 1.82) is 0 Å². The highest BCUT2D eigenvalue weighted by Gasteiger charge is 2.44. The van der Waals surface area contributed by atoms with E-state index in [1.165, 1.54) is 0 Å². The molecular weight excluding hydrogens is 327 g/mol. The van der Waals surface area contributed by atoms with Crippen LogP contribution < -0.4 is 11.1 Å². The van der Waals surface area contributed by atoms with E-state index in [0.29, 0.717) is 10.0 Å². The van der Waals surface area contributed by atoms with E-state index in [2.05, 4.69) is 5.32 Å². The number of nitrogens with one attached hydrogen (secondary N) is 1. The van der Waals surface area contributed by atoms with Crippen molar-refractivity contribution in [2.45, 2.75) is 38.6 Å². The monoisotopic (exact) mass is 344 g/mol. The maximum Gasteiger partial charge on any atom is 0.233 e. The van der Waals surface area contributed by atoms with Crippen molar-refractivity contribution in [2.24, 2.45) is 11.1 Å². The van der Waals surface area contributed by atoms with E-state index < -0.39 is 5.41 Å². The molecule has 6 heteroatoms. The second-order valence-electron chi connectivity index (χ2n) is 5.51. The summed E-state index contributed by atoms with van der Waals surface area (Å²) in [6.45, 7) is 1.88. The Morgan fingerprint density at radius 1 is 1.38 bits per heavy atom. The molecule has 0 spiro atoms. The molecule has 0 aliphatic heterocycles. The van der Waals surface area contributed by atoms with Gasteiger partial charge in [-0.15, -0.1) is 0 Å². The molecule has 1 amide bonds. The third-order valence-electron chi connectivity index (χ3n) is 4.14. The first kappa shape index (κ1) is 16.5. The number of amides is 1. The summed E-state index contributed by atoms with van der Waals surface area (Å²) in [5.74, 6) is -0.106. The van der Waals surface area contributed by atoms with Gasteiger partial charge in [0, 0.05) is 10.0 Å². The van der Waals surface area contributed by atoms with E-state index in [0.717, 1.165) is 31.2 Å². The lowest BCUT2D eigenvalue weighted by Crippen LogP contribution is -2.47. The molecule has 2 rings (SSSR count). The topological polar surface area (TPSA) is 55.1 Å². The van der Waals surface area contributed by atoms with Crippen molar-refractivity contribution in [3.63, 3.8) is 0 Å². The van der Waals surface area contributed by atoms with Crippen LogP contribution >= 0.6 is 35.4 Å². The summed E-state index contributed by atoms with van der Waals surface area (Å²) in [5, 5.41) is 4.09. The van der Waals surface area contributed by atoms with Crippen LogP contribution in [0.25, 0.3) is 0 Å². The Balaban J connectivity index is 2.16. The van der Waals surface area contributed by atoms with E-state index in [-0.39, 0.29) is 16.9 Å². The summed E-state index contributed by atoms with van der Waals surface area (Å²) in [6.07, 6.45) is 3.38. The summed E-state index contributed by atoms with van der Waals surface area (Å²) >= 11 is 17.2. The molecule has 0 bridgehead atoms. The summed E-state index contributed by atoms with van der Waals surface area (Å²) in [5.41, 5.74) is 5.94. The van der Waals surface area contributed by atoms with E-state index in [1.807, 2.05) is 13.0 Å². The maximum absolute atomic E-state index is 12.6. The number of thiocarbonyl (C=S) groups is 1. The third kappa shape index (κ3) is 3.33. The molecule has 0 aromatic heterocycles. The van der Waals surface area contributed by atoms with Crippen LogP contribution in [0.3, 0.4) is 0 Å². The van der Waals surface area contributed by atoms with E-state index in [1.54, 1.807) is 12.1 Å². The smallest absolute Gasteiger partial charge is 0.233 e. The predicted octanol–water partition coefficient (Wildman–Crippen LogP) is 4.02. The zero-order valence-electron chi connectivity index (χ0n) is 11.8. The van der Waals surface area contributed by atoms with Crippen molar-refractivity contribution in [3.05, 3.63) is 33.8 Å². The molecule has 3 N–H and O–H groups in total. The van der Waals surface area contributed by atoms with Crippen LogP contribution in [0.2, 0.25) is 10.0 Å². The normalized spacial score (nSPS) is 18.2. The Morgan fingerprint density at radius 2 is 2.00 bits per heavy atom. The van der Waals surface area contributed by atoms with Gasteiger partial charge in [0.15, 0.2) is 0 Å². The Hall–Kier alpha value is -0.840. The average molecular weight is 345 g/mol. The van der Waals surface area contributed by atoms with Crippen LogP contribution in [0.4, 0.5) is 0 Å². The van der Waals surface area contributed by atoms with Gasteiger partial charge in [0.2, 0.25) is 5.91 Å². The van der Waals surface area contributed by atoms with Crippen molar-refractivity contribution in [2.75, 3.05) is 0 Å². The maximum atomic E-state index is 12.6. The number of hydrogen-bond acceptors (Lipinski definition) is 2. The Morgan fingerprint density at radius 3 is 2.52 bits per heavy atom. The molecule has 21 heavy (non-hydrogen) atoms. The molecule has 1 aliphatic rings. The molecule has 1 atom stereocenters. The molecule has 0 heterocycles. The molecular formula is C15H18Cl2N2OS. The van der Waals surface area contributed by atoms with Gasteiger partial charge in [-0.1, -0.05) is 54.3 Å². The van der Waals surface area contributed by atoms with E-state index in [9.17, 15) is 4.79 Å². The van der Waals surface area contributed by atoms with Gasteiger partial charge in [0.25, 0.3) is 0 Å². The second-order valence-corrected chi connectivity index (χ2v) is 6.80. The molecule has 1 aromatic rings. The molecule has 1 aliphatic carbocycles. The first-order chi connectivity index (χ1) is 9.86. The van der Waals surface area contributed by atoms with Crippen LogP contribution in [0.1, 0.15) is 44.2 Å². The largest absolute Gasteiger partial charge is 0.392 e. The minimum atomic E-state index is -0.706. The second kappa shape index (κ2) is 6.51. The fraction of sp³-hybridized carbons (Fsp3) is 0.467. The number of nitrogens with two attached hydrogens (primary N) is 1. The summed E-state index contributed by atoms with van der Waals surface area (Å²) in [7, 11) is 0. The first-order valence-corrected chi connectivity index (χ1v) is 8.09. The van der Waals surface area contributed by atoms with E-state index >= 15 is 0 Å². The fourth-order valence-corrected chi connectivity index (χ4v) is 3.70. The summed E-state index contributed by atoms with van der Waals surface area (Å²) in [4.78, 5) is 12.9. The van der Waals surface area contributed by atoms with Gasteiger partial charge in [-0.3, -0.25) is 4.79 Å². The number of halogens is 2. The van der Waals surface area contributed by atoms with Crippen LogP contribution in [0.15, 0.2) is 18.2 Å². The third-order valence-corrected chi connectivity index (χ3v) is 5.09. The van der Waals surface area contributed by atoms with Crippen LogP contribution in [-0.2, 0) is 4.79 Å². The lowest BCUT2D eigenvalue weighted by atomic mass is 9.84. The number of carbonyl (C=O) groups is 1. The molecule has 3 nitrogen and oxygen atoms in total. The van der Waals surface area contributed by atoms with Crippen molar-refractivity contribution in [3.8, 4) is 0 Å². The fourth-order valence-electron chi connectivity index (χ4n) is 2.83. The van der Waals surface area contributed by atoms with Crippen LogP contribution in [-0.4, -0.2) is 10.9 Å². The summed E-state index contributed by atoms with van der Waals surface area (Å²) in [6, 6.07) is 5.01. The Labute approximate surface area is 140 Å². The van der Waals surface area contributed by atoms with Gasteiger partial charge in [-0.25, -0.2) is 0 Å². The van der Waals surface area contributed by atoms with Crippen LogP contribution in [0.5, 0.6) is 0 Å². The number of benzene rings is 1. The van der Waals surface area contributed by atoms with Gasteiger partial charge in [0.05, 0.1) is 16.4 Å². The lowest BCUT2D eigenvalue weighted by Gasteiger charge is -2.28. The standard InChI is InChI=1S/C15H18Cl2N2OS/c1-9(11-5-4-10(16)8-12(11)17)19-14(20)15(13(18)21)6-2-3-7-15/h4-5,8-9H,2-3,6-7H2,1H3,(H2,18,21)(H,19,20). The average Bonchev–Trinajstić information content (AvgIpc) is 2.88. The number of rotatable bonds is 4. The predicted molar refractivity (Wildman–Crippen MR) is 90.7 cm³/mol. The molecule has 114 valence electrons. The van der Waals surface area contributed by atoms with Gasteiger partial charge in [-0.05, 0) is 37.5 Å². The highest BCUT2D eigenvalue weighted by atomic mass is 35.5. The molecule has 0 saturated heterocycles. The lowest BCUT2D eigenvalue weighted by molar-refractivity contribution is -0.128. The quantitative estimate of drug-likeness (QED) is 0.811. The molecule has 1 unspecified atom stereocenters. The minimum Gasteiger partial charge on any atom is -0.392 e. The van der Waals surface area contributed by atoms with Crippen molar-refractivity contribution in [1.82, 2.24) is 5.32 Å². The van der Waals surface area contributed by atoms with Crippen molar-refractivity contribution < 1.29 is 4.79 Å². The highest BCUT2D eigenvalue weighted by Crippen LogP contribution is 2.39. The van der Waals surface area contributed by atoms with Gasteiger partial charge in [0.1, 0.15) is 0 Å². The first-order valence-electron chi connectivity index (χ1n) is 6.92. The number of carbonyl (C=O) groups excluding carboxylic acids is 1. The zero-order chi connectivity index (χ0) is 15.6. The van der Waals surface area contributed by atoms with Gasteiger partial charge >= 0.3 is 0 Å².